The molecule has 1 aromatic rings. The van der Waals surface area contributed by atoms with Crippen LogP contribution >= 0.6 is 0 Å². The number of hydrogen-bond acceptors (Lipinski definition) is 6. The summed E-state index contributed by atoms with van der Waals surface area (Å²) in [6, 6.07) is -0.677. The van der Waals surface area contributed by atoms with Gasteiger partial charge < -0.3 is 14.3 Å². The molecule has 0 amide bonds. The molecule has 3 rings (SSSR count). The monoisotopic (exact) mass is 357 g/mol. The van der Waals surface area contributed by atoms with Crippen LogP contribution in [0.1, 0.15) is 55.5 Å². The minimum Gasteiger partial charge on any atom is -0.481 e. The molecule has 2 aliphatic carbocycles. The lowest BCUT2D eigenvalue weighted by Crippen LogP contribution is -2.52. The summed E-state index contributed by atoms with van der Waals surface area (Å²) >= 11 is 0. The molecule has 1 aromatic heterocycles. The lowest BCUT2D eigenvalue weighted by atomic mass is 9.55. The van der Waals surface area contributed by atoms with E-state index in [0.29, 0.717) is 18.7 Å². The lowest BCUT2D eigenvalue weighted by molar-refractivity contribution is -0.129. The molecule has 0 radical (unpaired) electrons. The number of carbonyl (C=O) groups excluding carboxylic acids is 2. The standard InChI is InChI=1S/C19H23N3O4/c1-6-26-18(24)16-21-15-11(17(22-16)25-5)7-8-12-10(2)14(23)13(20-4)9-19(12,15)3/h10,12-13H,6-9H2,1-3,5H3/t10-,12-,13?,19-/m0/s1. The van der Waals surface area contributed by atoms with Crippen molar-refractivity contribution in [2.45, 2.75) is 51.5 Å². The molecule has 7 heteroatoms. The first-order valence-corrected chi connectivity index (χ1v) is 8.90. The first-order valence-electron chi connectivity index (χ1n) is 8.90. The molecule has 138 valence electrons. The van der Waals surface area contributed by atoms with Gasteiger partial charge >= 0.3 is 5.97 Å². The molecule has 26 heavy (non-hydrogen) atoms. The van der Waals surface area contributed by atoms with E-state index < -0.39 is 17.4 Å². The zero-order valence-electron chi connectivity index (χ0n) is 15.5. The third-order valence-electron chi connectivity index (χ3n) is 5.84. The van der Waals surface area contributed by atoms with Gasteiger partial charge in [-0.3, -0.25) is 4.79 Å². The van der Waals surface area contributed by atoms with Crippen LogP contribution in [0, 0.1) is 18.4 Å². The highest BCUT2D eigenvalue weighted by atomic mass is 16.5. The van der Waals surface area contributed by atoms with Crippen molar-refractivity contribution in [2.24, 2.45) is 11.8 Å². The second kappa shape index (κ2) is 6.67. The van der Waals surface area contributed by atoms with Gasteiger partial charge in [0.15, 0.2) is 0 Å². The molecule has 1 unspecified atom stereocenters. The minimum atomic E-state index is -0.677. The number of rotatable bonds is 3. The number of ketones is 1. The van der Waals surface area contributed by atoms with Crippen LogP contribution in [0.15, 0.2) is 0 Å². The smallest absolute Gasteiger partial charge is 0.376 e. The van der Waals surface area contributed by atoms with E-state index in [2.05, 4.69) is 14.8 Å². The lowest BCUT2D eigenvalue weighted by Gasteiger charge is -2.47. The van der Waals surface area contributed by atoms with Gasteiger partial charge in [0.1, 0.15) is 0 Å². The number of aromatic nitrogens is 2. The second-order valence-electron chi connectivity index (χ2n) is 7.21. The Morgan fingerprint density at radius 3 is 2.77 bits per heavy atom. The predicted molar refractivity (Wildman–Crippen MR) is 92.9 cm³/mol. The maximum atomic E-state index is 12.5. The van der Waals surface area contributed by atoms with Crippen molar-refractivity contribution in [1.29, 1.82) is 0 Å². The quantitative estimate of drug-likeness (QED) is 0.610. The molecule has 2 aliphatic rings. The van der Waals surface area contributed by atoms with Gasteiger partial charge in [-0.15, -0.1) is 0 Å². The topological polar surface area (TPSA) is 82.7 Å². The average Bonchev–Trinajstić information content (AvgIpc) is 2.64. The fourth-order valence-corrected chi connectivity index (χ4v) is 4.57. The number of esters is 1. The molecule has 1 saturated carbocycles. The minimum absolute atomic E-state index is 0.0116. The van der Waals surface area contributed by atoms with Crippen LogP contribution in [0.3, 0.4) is 0 Å². The zero-order chi connectivity index (χ0) is 19.1. The molecule has 0 aromatic carbocycles. The van der Waals surface area contributed by atoms with Gasteiger partial charge in [0.2, 0.25) is 17.5 Å². The van der Waals surface area contributed by atoms with Crippen molar-refractivity contribution in [3.63, 3.8) is 0 Å². The summed E-state index contributed by atoms with van der Waals surface area (Å²) in [6.45, 7) is 13.3. The van der Waals surface area contributed by atoms with Crippen LogP contribution in [-0.2, 0) is 21.4 Å². The highest BCUT2D eigenvalue weighted by molar-refractivity contribution is 5.89. The average molecular weight is 357 g/mol. The summed E-state index contributed by atoms with van der Waals surface area (Å²) in [4.78, 5) is 37.0. The predicted octanol–water partition coefficient (Wildman–Crippen LogP) is 2.38. The summed E-state index contributed by atoms with van der Waals surface area (Å²) in [5.74, 6) is -0.378. The van der Waals surface area contributed by atoms with E-state index in [9.17, 15) is 9.59 Å². The molecule has 0 bridgehead atoms. The molecule has 0 spiro atoms. The van der Waals surface area contributed by atoms with E-state index in [1.165, 1.54) is 7.11 Å². The number of nitrogens with zero attached hydrogens (tertiary/aromatic N) is 3. The fraction of sp³-hybridized carbons (Fsp3) is 0.632. The summed E-state index contributed by atoms with van der Waals surface area (Å²) in [6.07, 6.45) is 1.89. The molecule has 1 fully saturated rings. The van der Waals surface area contributed by atoms with E-state index >= 15 is 0 Å². The Bertz CT molecular complexity index is 801. The summed E-state index contributed by atoms with van der Waals surface area (Å²) in [7, 11) is 1.51. The van der Waals surface area contributed by atoms with Gasteiger partial charge in [-0.05, 0) is 25.7 Å². The van der Waals surface area contributed by atoms with Crippen LogP contribution < -0.4 is 4.74 Å². The first kappa shape index (κ1) is 18.3. The van der Waals surface area contributed by atoms with Crippen LogP contribution in [0.2, 0.25) is 0 Å². The molecular formula is C19H23N3O4. The maximum absolute atomic E-state index is 12.5. The van der Waals surface area contributed by atoms with Crippen molar-refractivity contribution in [2.75, 3.05) is 13.7 Å². The van der Waals surface area contributed by atoms with Crippen molar-refractivity contribution in [3.05, 3.63) is 28.5 Å². The summed E-state index contributed by atoms with van der Waals surface area (Å²) in [5, 5.41) is 0. The molecule has 1 heterocycles. The molecule has 0 N–H and O–H groups in total. The van der Waals surface area contributed by atoms with Crippen LogP contribution in [0.25, 0.3) is 4.85 Å². The Labute approximate surface area is 152 Å². The summed E-state index contributed by atoms with van der Waals surface area (Å²) < 4.78 is 10.5. The van der Waals surface area contributed by atoms with Gasteiger partial charge in [-0.2, -0.15) is 4.98 Å². The highest BCUT2D eigenvalue weighted by Gasteiger charge is 2.55. The van der Waals surface area contributed by atoms with E-state index in [1.807, 2.05) is 13.8 Å². The van der Waals surface area contributed by atoms with Gasteiger partial charge in [0.25, 0.3) is 6.04 Å². The molecule has 0 saturated heterocycles. The molecule has 7 nitrogen and oxygen atoms in total. The van der Waals surface area contributed by atoms with Gasteiger partial charge in [-0.25, -0.2) is 16.4 Å². The maximum Gasteiger partial charge on any atom is 0.376 e. The Morgan fingerprint density at radius 2 is 2.15 bits per heavy atom. The van der Waals surface area contributed by atoms with Crippen LogP contribution in [-0.4, -0.2) is 41.5 Å². The van der Waals surface area contributed by atoms with Gasteiger partial charge in [0, 0.05) is 23.3 Å². The Morgan fingerprint density at radius 1 is 1.42 bits per heavy atom. The summed E-state index contributed by atoms with van der Waals surface area (Å²) in [5.41, 5.74) is 1.11. The number of ether oxygens (including phenoxy) is 2. The Kier molecular flexibility index (Phi) is 4.70. The Hall–Kier alpha value is -2.49. The van der Waals surface area contributed by atoms with E-state index in [4.69, 9.17) is 16.0 Å². The van der Waals surface area contributed by atoms with Crippen molar-refractivity contribution >= 4 is 11.8 Å². The largest absolute Gasteiger partial charge is 0.481 e. The zero-order valence-corrected chi connectivity index (χ0v) is 15.5. The number of carbonyl (C=O) groups is 2. The number of fused-ring (bicyclic) bond motifs is 3. The fourth-order valence-electron chi connectivity index (χ4n) is 4.57. The SMILES string of the molecule is [C-]#[N+]C1C[C@]2(C)c3nc(C(=O)OCC)nc(OC)c3CC[C@H]2[C@H](C)C1=O. The van der Waals surface area contributed by atoms with E-state index in [-0.39, 0.29) is 30.1 Å². The van der Waals surface area contributed by atoms with Crippen molar-refractivity contribution < 1.29 is 19.1 Å². The second-order valence-corrected chi connectivity index (χ2v) is 7.21. The Balaban J connectivity index is 2.16. The molecule has 4 atom stereocenters. The van der Waals surface area contributed by atoms with E-state index in [0.717, 1.165) is 17.7 Å². The van der Waals surface area contributed by atoms with Gasteiger partial charge in [-0.1, -0.05) is 13.8 Å². The van der Waals surface area contributed by atoms with E-state index in [1.54, 1.807) is 6.92 Å². The number of hydrogen-bond donors (Lipinski definition) is 0. The highest BCUT2D eigenvalue weighted by Crippen LogP contribution is 2.52. The number of Topliss-reactive ketones (excluding diaryl/α,β-unsaturated/α-hetero) is 1. The van der Waals surface area contributed by atoms with Crippen molar-refractivity contribution in [3.8, 4) is 5.88 Å². The van der Waals surface area contributed by atoms with Crippen LogP contribution in [0.5, 0.6) is 5.88 Å². The molecule has 0 aliphatic heterocycles. The third-order valence-corrected chi connectivity index (χ3v) is 5.84. The third kappa shape index (κ3) is 2.64. The van der Waals surface area contributed by atoms with Crippen molar-refractivity contribution in [1.82, 2.24) is 9.97 Å². The normalized spacial score (nSPS) is 30.0. The first-order chi connectivity index (χ1) is 12.4. The molecular weight excluding hydrogens is 334 g/mol. The van der Waals surface area contributed by atoms with Gasteiger partial charge in [0.05, 0.1) is 19.4 Å². The number of methoxy groups -OCH3 is 1. The van der Waals surface area contributed by atoms with Crippen LogP contribution in [0.4, 0.5) is 0 Å².